The number of rotatable bonds is 5. The molecule has 1 atom stereocenters. The van der Waals surface area contributed by atoms with Gasteiger partial charge in [-0.2, -0.15) is 0 Å². The van der Waals surface area contributed by atoms with E-state index in [4.69, 9.17) is 11.5 Å². The molecule has 0 aromatic rings. The molecule has 1 unspecified atom stereocenters. The maximum absolute atomic E-state index is 12.2. The van der Waals surface area contributed by atoms with Crippen molar-refractivity contribution in [3.63, 3.8) is 0 Å². The van der Waals surface area contributed by atoms with Gasteiger partial charge in [0.05, 0.1) is 12.5 Å². The Bertz CT molecular complexity index is 292. The van der Waals surface area contributed by atoms with Crippen LogP contribution in [0.25, 0.3) is 0 Å². The summed E-state index contributed by atoms with van der Waals surface area (Å²) in [5.41, 5.74) is 10.8. The van der Waals surface area contributed by atoms with Gasteiger partial charge in [-0.25, -0.2) is 0 Å². The average molecular weight is 256 g/mol. The summed E-state index contributed by atoms with van der Waals surface area (Å²) in [6.07, 6.45) is 1.65. The molecule has 1 heterocycles. The van der Waals surface area contributed by atoms with Crippen molar-refractivity contribution in [3.05, 3.63) is 0 Å². The molecule has 104 valence electrons. The molecule has 6 heteroatoms. The Kier molecular flexibility index (Phi) is 6.07. The Hall–Kier alpha value is -1.14. The van der Waals surface area contributed by atoms with Crippen molar-refractivity contribution in [2.75, 3.05) is 39.3 Å². The molecule has 0 spiro atoms. The molecule has 0 saturated carbocycles. The van der Waals surface area contributed by atoms with E-state index in [9.17, 15) is 9.59 Å². The standard InChI is InChI=1S/C12H24N4O2/c1-2-10(8-13)12(18)16-5-3-4-15(6-7-16)9-11(14)17/h10H,2-9,13H2,1H3,(H2,14,17). The predicted molar refractivity (Wildman–Crippen MR) is 69.7 cm³/mol. The van der Waals surface area contributed by atoms with Crippen molar-refractivity contribution in [2.24, 2.45) is 17.4 Å². The Morgan fingerprint density at radius 1 is 1.22 bits per heavy atom. The monoisotopic (exact) mass is 256 g/mol. The summed E-state index contributed by atoms with van der Waals surface area (Å²) in [7, 11) is 0. The summed E-state index contributed by atoms with van der Waals surface area (Å²) < 4.78 is 0. The van der Waals surface area contributed by atoms with Gasteiger partial charge in [0.2, 0.25) is 11.8 Å². The number of primary amides is 1. The molecule has 1 aliphatic heterocycles. The normalized spacial score (nSPS) is 19.3. The molecule has 1 aliphatic rings. The molecule has 1 saturated heterocycles. The van der Waals surface area contributed by atoms with Gasteiger partial charge in [-0.15, -0.1) is 0 Å². The SMILES string of the molecule is CCC(CN)C(=O)N1CCCN(CC(N)=O)CC1. The van der Waals surface area contributed by atoms with E-state index < -0.39 is 0 Å². The van der Waals surface area contributed by atoms with Crippen LogP contribution < -0.4 is 11.5 Å². The number of hydrogen-bond donors (Lipinski definition) is 2. The zero-order chi connectivity index (χ0) is 13.5. The fourth-order valence-corrected chi connectivity index (χ4v) is 2.27. The zero-order valence-electron chi connectivity index (χ0n) is 11.1. The molecular weight excluding hydrogens is 232 g/mol. The molecule has 0 aromatic heterocycles. The van der Waals surface area contributed by atoms with Gasteiger partial charge >= 0.3 is 0 Å². The Balaban J connectivity index is 2.50. The fraction of sp³-hybridized carbons (Fsp3) is 0.833. The van der Waals surface area contributed by atoms with Gasteiger partial charge in [-0.1, -0.05) is 6.92 Å². The van der Waals surface area contributed by atoms with E-state index in [2.05, 4.69) is 0 Å². The minimum Gasteiger partial charge on any atom is -0.369 e. The number of hydrogen-bond acceptors (Lipinski definition) is 4. The largest absolute Gasteiger partial charge is 0.369 e. The second kappa shape index (κ2) is 7.33. The lowest BCUT2D eigenvalue weighted by Crippen LogP contribution is -2.42. The third-order valence-corrected chi connectivity index (χ3v) is 3.41. The van der Waals surface area contributed by atoms with E-state index in [1.54, 1.807) is 0 Å². The van der Waals surface area contributed by atoms with Gasteiger partial charge in [-0.05, 0) is 12.8 Å². The van der Waals surface area contributed by atoms with Crippen LogP contribution in [-0.4, -0.2) is 60.9 Å². The van der Waals surface area contributed by atoms with Crippen LogP contribution in [0.1, 0.15) is 19.8 Å². The van der Waals surface area contributed by atoms with Crippen LogP contribution in [0.4, 0.5) is 0 Å². The van der Waals surface area contributed by atoms with Crippen LogP contribution in [0.15, 0.2) is 0 Å². The zero-order valence-corrected chi connectivity index (χ0v) is 11.1. The number of nitrogens with zero attached hydrogens (tertiary/aromatic N) is 2. The van der Waals surface area contributed by atoms with Gasteiger partial charge in [-0.3, -0.25) is 14.5 Å². The van der Waals surface area contributed by atoms with Gasteiger partial charge < -0.3 is 16.4 Å². The topological polar surface area (TPSA) is 92.7 Å². The Labute approximate surface area is 108 Å². The maximum Gasteiger partial charge on any atom is 0.231 e. The number of nitrogens with two attached hydrogens (primary N) is 2. The summed E-state index contributed by atoms with van der Waals surface area (Å²) in [4.78, 5) is 26.9. The third kappa shape index (κ3) is 4.27. The smallest absolute Gasteiger partial charge is 0.231 e. The maximum atomic E-state index is 12.2. The molecule has 1 rings (SSSR count). The molecule has 6 nitrogen and oxygen atoms in total. The third-order valence-electron chi connectivity index (χ3n) is 3.41. The molecule has 0 radical (unpaired) electrons. The summed E-state index contributed by atoms with van der Waals surface area (Å²) in [6, 6.07) is 0. The molecule has 18 heavy (non-hydrogen) atoms. The second-order valence-electron chi connectivity index (χ2n) is 4.76. The first-order valence-electron chi connectivity index (χ1n) is 6.58. The van der Waals surface area contributed by atoms with Crippen molar-refractivity contribution in [2.45, 2.75) is 19.8 Å². The van der Waals surface area contributed by atoms with Crippen molar-refractivity contribution >= 4 is 11.8 Å². The first kappa shape index (κ1) is 14.9. The number of carbonyl (C=O) groups excluding carboxylic acids is 2. The van der Waals surface area contributed by atoms with E-state index in [1.807, 2.05) is 16.7 Å². The Morgan fingerprint density at radius 3 is 2.50 bits per heavy atom. The van der Waals surface area contributed by atoms with Gasteiger partial charge in [0, 0.05) is 32.7 Å². The summed E-state index contributed by atoms with van der Waals surface area (Å²) in [6.45, 7) is 5.56. The van der Waals surface area contributed by atoms with Gasteiger partial charge in [0.25, 0.3) is 0 Å². The van der Waals surface area contributed by atoms with Crippen LogP contribution >= 0.6 is 0 Å². The minimum atomic E-state index is -0.317. The molecule has 2 amide bonds. The molecule has 1 fully saturated rings. The van der Waals surface area contributed by atoms with Gasteiger partial charge in [0.1, 0.15) is 0 Å². The summed E-state index contributed by atoms with van der Waals surface area (Å²) in [5, 5.41) is 0. The first-order chi connectivity index (χ1) is 8.58. The number of amides is 2. The number of carbonyl (C=O) groups is 2. The summed E-state index contributed by atoms with van der Waals surface area (Å²) >= 11 is 0. The van der Waals surface area contributed by atoms with Gasteiger partial charge in [0.15, 0.2) is 0 Å². The van der Waals surface area contributed by atoms with E-state index in [0.29, 0.717) is 19.6 Å². The fourth-order valence-electron chi connectivity index (χ4n) is 2.27. The van der Waals surface area contributed by atoms with Crippen LogP contribution in [0.5, 0.6) is 0 Å². The molecule has 0 aromatic carbocycles. The van der Waals surface area contributed by atoms with Crippen LogP contribution in [0.2, 0.25) is 0 Å². The minimum absolute atomic E-state index is 0.0762. The lowest BCUT2D eigenvalue weighted by atomic mass is 10.1. The van der Waals surface area contributed by atoms with E-state index in [0.717, 1.165) is 25.9 Å². The molecule has 0 bridgehead atoms. The predicted octanol–water partition coefficient (Wildman–Crippen LogP) is -1.01. The van der Waals surface area contributed by atoms with Crippen molar-refractivity contribution in [1.29, 1.82) is 0 Å². The quantitative estimate of drug-likeness (QED) is 0.659. The average Bonchev–Trinajstić information content (AvgIpc) is 2.55. The van der Waals surface area contributed by atoms with Crippen LogP contribution in [-0.2, 0) is 9.59 Å². The van der Waals surface area contributed by atoms with Crippen molar-refractivity contribution < 1.29 is 9.59 Å². The molecule has 0 aliphatic carbocycles. The Morgan fingerprint density at radius 2 is 1.94 bits per heavy atom. The molecular formula is C12H24N4O2. The van der Waals surface area contributed by atoms with Crippen molar-refractivity contribution in [3.8, 4) is 0 Å². The van der Waals surface area contributed by atoms with E-state index in [-0.39, 0.29) is 24.3 Å². The summed E-state index contributed by atoms with van der Waals surface area (Å²) in [5.74, 6) is -0.253. The molecule has 4 N–H and O–H groups in total. The highest BCUT2D eigenvalue weighted by molar-refractivity contribution is 5.79. The van der Waals surface area contributed by atoms with Crippen molar-refractivity contribution in [1.82, 2.24) is 9.80 Å². The van der Waals surface area contributed by atoms with E-state index in [1.165, 1.54) is 0 Å². The van der Waals surface area contributed by atoms with Crippen LogP contribution in [0.3, 0.4) is 0 Å². The first-order valence-corrected chi connectivity index (χ1v) is 6.58. The van der Waals surface area contributed by atoms with Crippen LogP contribution in [0, 0.1) is 5.92 Å². The highest BCUT2D eigenvalue weighted by Crippen LogP contribution is 2.10. The lowest BCUT2D eigenvalue weighted by Gasteiger charge is -2.25. The second-order valence-corrected chi connectivity index (χ2v) is 4.76. The lowest BCUT2D eigenvalue weighted by molar-refractivity contribution is -0.135. The highest BCUT2D eigenvalue weighted by Gasteiger charge is 2.24. The highest BCUT2D eigenvalue weighted by atomic mass is 16.2. The van der Waals surface area contributed by atoms with E-state index >= 15 is 0 Å².